The van der Waals surface area contributed by atoms with Crippen molar-refractivity contribution in [1.82, 2.24) is 0 Å². The molecule has 0 aliphatic rings. The first-order valence-corrected chi connectivity index (χ1v) is 5.93. The average molecular weight is 224 g/mol. The SMILES string of the molecule is COC(=O)OCC[Si](OC)(OC)OC. The molecule has 0 heterocycles. The first kappa shape index (κ1) is 13.4. The monoisotopic (exact) mass is 224 g/mol. The molecule has 0 aliphatic carbocycles. The summed E-state index contributed by atoms with van der Waals surface area (Å²) in [7, 11) is 3.11. The Labute approximate surface area is 84.4 Å². The van der Waals surface area contributed by atoms with Crippen LogP contribution < -0.4 is 0 Å². The van der Waals surface area contributed by atoms with Crippen molar-refractivity contribution >= 4 is 15.0 Å². The molecular formula is C7H16O6Si. The van der Waals surface area contributed by atoms with Gasteiger partial charge in [-0.1, -0.05) is 0 Å². The fraction of sp³-hybridized carbons (Fsp3) is 0.857. The van der Waals surface area contributed by atoms with Crippen molar-refractivity contribution in [3.63, 3.8) is 0 Å². The van der Waals surface area contributed by atoms with Crippen LogP contribution in [0.3, 0.4) is 0 Å². The number of hydrogen-bond acceptors (Lipinski definition) is 6. The molecule has 0 amide bonds. The summed E-state index contributed by atoms with van der Waals surface area (Å²) in [5.41, 5.74) is 0. The van der Waals surface area contributed by atoms with Gasteiger partial charge >= 0.3 is 15.0 Å². The summed E-state index contributed by atoms with van der Waals surface area (Å²) in [6.45, 7) is 0.147. The molecule has 0 saturated carbocycles. The van der Waals surface area contributed by atoms with E-state index in [1.54, 1.807) is 0 Å². The maximum absolute atomic E-state index is 10.6. The van der Waals surface area contributed by atoms with Crippen LogP contribution in [0.5, 0.6) is 0 Å². The molecule has 0 rings (SSSR count). The van der Waals surface area contributed by atoms with Crippen molar-refractivity contribution in [3.05, 3.63) is 0 Å². The highest BCUT2D eigenvalue weighted by molar-refractivity contribution is 6.60. The molecule has 0 bridgehead atoms. The number of ether oxygens (including phenoxy) is 2. The molecule has 0 saturated heterocycles. The van der Waals surface area contributed by atoms with Crippen molar-refractivity contribution in [2.45, 2.75) is 6.04 Å². The minimum absolute atomic E-state index is 0.147. The number of rotatable bonds is 6. The fourth-order valence-electron chi connectivity index (χ4n) is 0.874. The van der Waals surface area contributed by atoms with E-state index in [2.05, 4.69) is 9.47 Å². The molecule has 0 spiro atoms. The van der Waals surface area contributed by atoms with Gasteiger partial charge < -0.3 is 22.8 Å². The Morgan fingerprint density at radius 1 is 1.07 bits per heavy atom. The molecule has 0 unspecified atom stereocenters. The highest BCUT2D eigenvalue weighted by Gasteiger charge is 2.37. The molecule has 6 nitrogen and oxygen atoms in total. The van der Waals surface area contributed by atoms with Crippen molar-refractivity contribution in [2.75, 3.05) is 35.0 Å². The normalized spacial score (nSPS) is 11.1. The van der Waals surface area contributed by atoms with E-state index in [1.807, 2.05) is 0 Å². The van der Waals surface area contributed by atoms with Gasteiger partial charge in [0.1, 0.15) is 0 Å². The van der Waals surface area contributed by atoms with Gasteiger partial charge in [0.25, 0.3) is 0 Å². The van der Waals surface area contributed by atoms with Crippen LogP contribution in [0.1, 0.15) is 0 Å². The van der Waals surface area contributed by atoms with Crippen LogP contribution in [0.25, 0.3) is 0 Å². The smallest absolute Gasteiger partial charge is 0.438 e. The zero-order valence-corrected chi connectivity index (χ0v) is 9.86. The standard InChI is InChI=1S/C7H16O6Si/c1-9-7(8)13-5-6-14(10-2,11-3)12-4/h5-6H2,1-4H3. The maximum Gasteiger partial charge on any atom is 0.507 e. The van der Waals surface area contributed by atoms with Gasteiger partial charge in [-0.3, -0.25) is 0 Å². The van der Waals surface area contributed by atoms with Crippen LogP contribution in [-0.4, -0.2) is 50.0 Å². The number of carbonyl (C=O) groups excluding carboxylic acids is 1. The largest absolute Gasteiger partial charge is 0.507 e. The first-order chi connectivity index (χ1) is 6.64. The summed E-state index contributed by atoms with van der Waals surface area (Å²) in [4.78, 5) is 10.6. The fourth-order valence-corrected chi connectivity index (χ4v) is 2.34. The quantitative estimate of drug-likeness (QED) is 0.487. The molecule has 0 N–H and O–H groups in total. The molecule has 14 heavy (non-hydrogen) atoms. The second-order valence-electron chi connectivity index (χ2n) is 2.35. The highest BCUT2D eigenvalue weighted by Crippen LogP contribution is 2.12. The third-order valence-corrected chi connectivity index (χ3v) is 4.41. The van der Waals surface area contributed by atoms with Gasteiger partial charge in [0.15, 0.2) is 0 Å². The molecule has 0 radical (unpaired) electrons. The van der Waals surface area contributed by atoms with Crippen LogP contribution in [0.4, 0.5) is 4.79 Å². The topological polar surface area (TPSA) is 63.2 Å². The Kier molecular flexibility index (Phi) is 6.46. The van der Waals surface area contributed by atoms with E-state index in [4.69, 9.17) is 13.3 Å². The number of methoxy groups -OCH3 is 1. The lowest BCUT2D eigenvalue weighted by Gasteiger charge is -2.23. The van der Waals surface area contributed by atoms with E-state index in [0.717, 1.165) is 0 Å². The molecule has 0 fully saturated rings. The van der Waals surface area contributed by atoms with Crippen molar-refractivity contribution in [2.24, 2.45) is 0 Å². The molecule has 84 valence electrons. The Hall–Kier alpha value is -0.633. The highest BCUT2D eigenvalue weighted by atomic mass is 28.4. The molecule has 7 heteroatoms. The minimum Gasteiger partial charge on any atom is -0.438 e. The Balaban J connectivity index is 3.88. The Bertz CT molecular complexity index is 161. The van der Waals surface area contributed by atoms with Crippen LogP contribution >= 0.6 is 0 Å². The predicted octanol–water partition coefficient (Wildman–Crippen LogP) is 0.647. The van der Waals surface area contributed by atoms with Gasteiger partial charge in [-0.2, -0.15) is 0 Å². The van der Waals surface area contributed by atoms with E-state index in [-0.39, 0.29) is 6.61 Å². The van der Waals surface area contributed by atoms with Crippen molar-refractivity contribution in [3.8, 4) is 0 Å². The maximum atomic E-state index is 10.6. The van der Waals surface area contributed by atoms with Crippen molar-refractivity contribution in [1.29, 1.82) is 0 Å². The summed E-state index contributed by atoms with van der Waals surface area (Å²) in [6, 6.07) is 0.394. The van der Waals surface area contributed by atoms with E-state index >= 15 is 0 Å². The summed E-state index contributed by atoms with van der Waals surface area (Å²) >= 11 is 0. The van der Waals surface area contributed by atoms with Gasteiger partial charge in [0.05, 0.1) is 19.8 Å². The molecule has 0 aromatic carbocycles. The van der Waals surface area contributed by atoms with Gasteiger partial charge in [-0.15, -0.1) is 0 Å². The summed E-state index contributed by atoms with van der Waals surface area (Å²) in [5, 5.41) is 0. The Morgan fingerprint density at radius 2 is 1.57 bits per heavy atom. The molecule has 0 atom stereocenters. The minimum atomic E-state index is -2.63. The van der Waals surface area contributed by atoms with Gasteiger partial charge in [0.2, 0.25) is 0 Å². The Morgan fingerprint density at radius 3 is 1.93 bits per heavy atom. The average Bonchev–Trinajstić information content (AvgIpc) is 2.25. The van der Waals surface area contributed by atoms with E-state index < -0.39 is 15.0 Å². The lowest BCUT2D eigenvalue weighted by Crippen LogP contribution is -2.43. The molecular weight excluding hydrogens is 208 g/mol. The van der Waals surface area contributed by atoms with Crippen LogP contribution in [0, 0.1) is 0 Å². The van der Waals surface area contributed by atoms with Crippen LogP contribution in [0.2, 0.25) is 6.04 Å². The van der Waals surface area contributed by atoms with Crippen molar-refractivity contribution < 1.29 is 27.5 Å². The van der Waals surface area contributed by atoms with Crippen LogP contribution in [-0.2, 0) is 22.8 Å². The van der Waals surface area contributed by atoms with E-state index in [0.29, 0.717) is 6.04 Å². The molecule has 0 aromatic rings. The molecule has 0 aromatic heterocycles. The zero-order chi connectivity index (χ0) is 11.0. The van der Waals surface area contributed by atoms with Crippen LogP contribution in [0.15, 0.2) is 0 Å². The first-order valence-electron chi connectivity index (χ1n) is 4.00. The zero-order valence-electron chi connectivity index (χ0n) is 8.86. The molecule has 0 aliphatic heterocycles. The van der Waals surface area contributed by atoms with Gasteiger partial charge in [-0.05, 0) is 0 Å². The summed E-state index contributed by atoms with van der Waals surface area (Å²) in [6.07, 6.45) is -0.726. The van der Waals surface area contributed by atoms with E-state index in [1.165, 1.54) is 28.4 Å². The second kappa shape index (κ2) is 6.77. The third kappa shape index (κ3) is 4.05. The number of carbonyl (C=O) groups is 1. The van der Waals surface area contributed by atoms with Gasteiger partial charge in [-0.25, -0.2) is 4.79 Å². The number of hydrogen-bond donors (Lipinski definition) is 0. The lowest BCUT2D eigenvalue weighted by molar-refractivity contribution is 0.0676. The lowest BCUT2D eigenvalue weighted by atomic mass is 10.8. The predicted molar refractivity (Wildman–Crippen MR) is 49.9 cm³/mol. The van der Waals surface area contributed by atoms with E-state index in [9.17, 15) is 4.79 Å². The van der Waals surface area contributed by atoms with Gasteiger partial charge in [0, 0.05) is 21.3 Å². The summed E-state index contributed by atoms with van der Waals surface area (Å²) in [5.74, 6) is 0. The third-order valence-electron chi connectivity index (χ3n) is 1.73. The second-order valence-corrected chi connectivity index (χ2v) is 5.44. The summed E-state index contributed by atoms with van der Waals surface area (Å²) < 4.78 is 24.3.